The molecule has 32 heavy (non-hydrogen) atoms. The highest BCUT2D eigenvalue weighted by atomic mass is 15.4. The Bertz CT molecular complexity index is 1090. The zero-order valence-corrected chi connectivity index (χ0v) is 20.6. The van der Waals surface area contributed by atoms with E-state index in [1.54, 1.807) is 0 Å². The third kappa shape index (κ3) is 4.16. The lowest BCUT2D eigenvalue weighted by Gasteiger charge is -2.39. The first kappa shape index (κ1) is 22.5. The zero-order valence-electron chi connectivity index (χ0n) is 20.6. The van der Waals surface area contributed by atoms with Gasteiger partial charge in [-0.05, 0) is 44.7 Å². The maximum Gasteiger partial charge on any atom is 0.213 e. The van der Waals surface area contributed by atoms with E-state index < -0.39 is 0 Å². The van der Waals surface area contributed by atoms with Crippen molar-refractivity contribution in [3.63, 3.8) is 0 Å². The Kier molecular flexibility index (Phi) is 6.07. The van der Waals surface area contributed by atoms with E-state index in [2.05, 4.69) is 138 Å². The van der Waals surface area contributed by atoms with Crippen LogP contribution < -0.4 is 4.90 Å². The van der Waals surface area contributed by atoms with Gasteiger partial charge in [-0.1, -0.05) is 109 Å². The first-order chi connectivity index (χ1) is 15.2. The highest BCUT2D eigenvalue weighted by Gasteiger charge is 2.36. The van der Waals surface area contributed by atoms with E-state index in [9.17, 15) is 0 Å². The Labute approximate surface area is 194 Å². The third-order valence-corrected chi connectivity index (χ3v) is 6.40. The second-order valence-corrected chi connectivity index (χ2v) is 10.6. The molecule has 1 atom stereocenters. The number of rotatable bonds is 5. The van der Waals surface area contributed by atoms with Gasteiger partial charge in [-0.2, -0.15) is 0 Å². The van der Waals surface area contributed by atoms with E-state index in [0.29, 0.717) is 11.8 Å². The van der Waals surface area contributed by atoms with Crippen molar-refractivity contribution >= 4 is 16.5 Å². The van der Waals surface area contributed by atoms with Crippen LogP contribution in [0.25, 0.3) is 10.8 Å². The molecular weight excluding hydrogens is 388 g/mol. The Morgan fingerprint density at radius 2 is 1.25 bits per heavy atom. The molecule has 0 bridgehead atoms. The SMILES string of the molecule is CC(C)c1cccc(C(C)C)c1N1[C]N([C@@H](c2cccc3ccccc23)C(C)(C)C)C=C1. The summed E-state index contributed by atoms with van der Waals surface area (Å²) in [6, 6.07) is 22.2. The Morgan fingerprint density at radius 1 is 0.688 bits per heavy atom. The largest absolute Gasteiger partial charge is 0.338 e. The van der Waals surface area contributed by atoms with Crippen LogP contribution in [-0.4, -0.2) is 4.90 Å². The van der Waals surface area contributed by atoms with Gasteiger partial charge in [-0.25, -0.2) is 0 Å². The molecule has 0 N–H and O–H groups in total. The fraction of sp³-hybridized carbons (Fsp3) is 0.367. The summed E-state index contributed by atoms with van der Waals surface area (Å²) in [6.45, 7) is 19.8. The van der Waals surface area contributed by atoms with Gasteiger partial charge >= 0.3 is 0 Å². The summed E-state index contributed by atoms with van der Waals surface area (Å²) in [7, 11) is 0. The van der Waals surface area contributed by atoms with Crippen LogP contribution in [0.2, 0.25) is 0 Å². The monoisotopic (exact) mass is 424 g/mol. The number of benzene rings is 3. The minimum absolute atomic E-state index is 0.0237. The number of hydrogen-bond acceptors (Lipinski definition) is 2. The van der Waals surface area contributed by atoms with Crippen LogP contribution in [0.5, 0.6) is 0 Å². The Balaban J connectivity index is 1.76. The average Bonchev–Trinajstić information content (AvgIpc) is 3.21. The molecule has 166 valence electrons. The van der Waals surface area contributed by atoms with Crippen LogP contribution >= 0.6 is 0 Å². The van der Waals surface area contributed by atoms with Crippen LogP contribution in [0.4, 0.5) is 5.69 Å². The summed E-state index contributed by atoms with van der Waals surface area (Å²) >= 11 is 0. The predicted molar refractivity (Wildman–Crippen MR) is 137 cm³/mol. The molecule has 0 saturated heterocycles. The first-order valence-electron chi connectivity index (χ1n) is 11.8. The number of nitrogens with zero attached hydrogens (tertiary/aromatic N) is 2. The second kappa shape index (κ2) is 8.65. The molecule has 3 aromatic rings. The highest BCUT2D eigenvalue weighted by Crippen LogP contribution is 2.45. The summed E-state index contributed by atoms with van der Waals surface area (Å²) in [5.41, 5.74) is 5.38. The van der Waals surface area contributed by atoms with Crippen LogP contribution in [0.1, 0.15) is 83.0 Å². The fourth-order valence-corrected chi connectivity index (χ4v) is 4.91. The van der Waals surface area contributed by atoms with Crippen molar-refractivity contribution < 1.29 is 0 Å². The maximum absolute atomic E-state index is 3.72. The summed E-state index contributed by atoms with van der Waals surface area (Å²) < 4.78 is 0. The normalized spacial score (nSPS) is 15.4. The minimum Gasteiger partial charge on any atom is -0.338 e. The van der Waals surface area contributed by atoms with Crippen LogP contribution in [-0.2, 0) is 0 Å². The third-order valence-electron chi connectivity index (χ3n) is 6.40. The van der Waals surface area contributed by atoms with Crippen molar-refractivity contribution in [3.05, 3.63) is 96.4 Å². The van der Waals surface area contributed by atoms with Gasteiger partial charge in [-0.3, -0.25) is 0 Å². The van der Waals surface area contributed by atoms with Crippen molar-refractivity contribution in [1.82, 2.24) is 4.90 Å². The summed E-state index contributed by atoms with van der Waals surface area (Å²) in [4.78, 5) is 4.50. The number of hydrogen-bond donors (Lipinski definition) is 0. The molecule has 0 saturated carbocycles. The highest BCUT2D eigenvalue weighted by molar-refractivity contribution is 5.86. The van der Waals surface area contributed by atoms with Crippen LogP contribution in [0, 0.1) is 12.1 Å². The zero-order chi connectivity index (χ0) is 23.0. The van der Waals surface area contributed by atoms with Gasteiger partial charge in [0.1, 0.15) is 0 Å². The van der Waals surface area contributed by atoms with E-state index in [-0.39, 0.29) is 11.5 Å². The van der Waals surface area contributed by atoms with E-state index in [4.69, 9.17) is 0 Å². The van der Waals surface area contributed by atoms with Crippen molar-refractivity contribution in [2.24, 2.45) is 5.41 Å². The molecule has 0 amide bonds. The van der Waals surface area contributed by atoms with Gasteiger partial charge in [-0.15, -0.1) is 0 Å². The standard InChI is InChI=1S/C30H36N2/c1-21(2)24-15-11-16-25(22(3)4)28(24)31-18-19-32(20-31)29(30(5,6)7)27-17-10-13-23-12-8-9-14-26(23)27/h8-19,21-22,29H,1-7H3/t29-/m0/s1. The first-order valence-corrected chi connectivity index (χ1v) is 11.8. The fourth-order valence-electron chi connectivity index (χ4n) is 4.91. The molecule has 2 nitrogen and oxygen atoms in total. The smallest absolute Gasteiger partial charge is 0.213 e. The van der Waals surface area contributed by atoms with Gasteiger partial charge in [0.25, 0.3) is 0 Å². The van der Waals surface area contributed by atoms with Gasteiger partial charge in [0, 0.05) is 12.4 Å². The number of anilines is 1. The Hall–Kier alpha value is -2.74. The lowest BCUT2D eigenvalue weighted by molar-refractivity contribution is 0.181. The van der Waals surface area contributed by atoms with Crippen molar-refractivity contribution in [3.8, 4) is 0 Å². The molecule has 2 radical (unpaired) electrons. The van der Waals surface area contributed by atoms with Gasteiger partial charge in [0.05, 0.1) is 11.7 Å². The molecule has 0 aromatic heterocycles. The van der Waals surface area contributed by atoms with Gasteiger partial charge in [0.15, 0.2) is 0 Å². The van der Waals surface area contributed by atoms with E-state index >= 15 is 0 Å². The quantitative estimate of drug-likeness (QED) is 0.405. The molecular formula is C30H36N2. The van der Waals surface area contributed by atoms with E-state index in [1.165, 1.54) is 33.2 Å². The van der Waals surface area contributed by atoms with E-state index in [0.717, 1.165) is 0 Å². The molecule has 1 aliphatic heterocycles. The lowest BCUT2D eigenvalue weighted by Crippen LogP contribution is -2.33. The topological polar surface area (TPSA) is 6.48 Å². The van der Waals surface area contributed by atoms with Gasteiger partial charge in [0.2, 0.25) is 6.67 Å². The number of para-hydroxylation sites is 1. The van der Waals surface area contributed by atoms with Crippen LogP contribution in [0.15, 0.2) is 73.1 Å². The van der Waals surface area contributed by atoms with Crippen molar-refractivity contribution in [2.75, 3.05) is 4.90 Å². The Morgan fingerprint density at radius 3 is 1.88 bits per heavy atom. The number of fused-ring (bicyclic) bond motifs is 1. The minimum atomic E-state index is 0.0237. The predicted octanol–water partition coefficient (Wildman–Crippen LogP) is 8.46. The van der Waals surface area contributed by atoms with Crippen molar-refractivity contribution in [1.29, 1.82) is 0 Å². The van der Waals surface area contributed by atoms with Crippen molar-refractivity contribution in [2.45, 2.75) is 66.3 Å². The molecule has 0 aliphatic carbocycles. The lowest BCUT2D eigenvalue weighted by atomic mass is 9.80. The second-order valence-electron chi connectivity index (χ2n) is 10.6. The molecule has 0 fully saturated rings. The molecule has 3 aromatic carbocycles. The van der Waals surface area contributed by atoms with Crippen LogP contribution in [0.3, 0.4) is 0 Å². The molecule has 0 spiro atoms. The molecule has 1 heterocycles. The summed E-state index contributed by atoms with van der Waals surface area (Å²) in [6.07, 6.45) is 4.37. The summed E-state index contributed by atoms with van der Waals surface area (Å²) in [5, 5.41) is 2.60. The maximum atomic E-state index is 3.72. The molecule has 2 heteroatoms. The van der Waals surface area contributed by atoms with E-state index in [1.807, 2.05) is 0 Å². The molecule has 0 unspecified atom stereocenters. The molecule has 1 aliphatic rings. The van der Waals surface area contributed by atoms with Gasteiger partial charge < -0.3 is 9.80 Å². The average molecular weight is 425 g/mol. The molecule has 4 rings (SSSR count). The summed E-state index contributed by atoms with van der Waals surface area (Å²) in [5.74, 6) is 0.897.